The van der Waals surface area contributed by atoms with E-state index in [0.29, 0.717) is 24.7 Å². The Morgan fingerprint density at radius 1 is 0.794 bits per heavy atom. The number of allylic oxidation sites excluding steroid dienone is 10. The average molecular weight is 465 g/mol. The number of carbonyl (C=O) groups excluding carboxylic acids is 2. The molecule has 2 rings (SSSR count). The Bertz CT molecular complexity index is 759. The van der Waals surface area contributed by atoms with Crippen molar-refractivity contribution in [3.8, 4) is 0 Å². The minimum atomic E-state index is 0.207. The molecule has 0 aromatic heterocycles. The zero-order valence-electron chi connectivity index (χ0n) is 22.7. The van der Waals surface area contributed by atoms with Crippen LogP contribution in [0.4, 0.5) is 0 Å². The van der Waals surface area contributed by atoms with E-state index < -0.39 is 0 Å². The molecule has 0 fully saturated rings. The molecule has 2 aliphatic carbocycles. The minimum absolute atomic E-state index is 0.207. The van der Waals surface area contributed by atoms with E-state index in [4.69, 9.17) is 0 Å². The largest absolute Gasteiger partial charge is 0.295 e. The molecule has 0 radical (unpaired) electrons. The van der Waals surface area contributed by atoms with Crippen LogP contribution in [0.25, 0.3) is 0 Å². The first-order chi connectivity index (χ1) is 15.9. The normalized spacial score (nSPS) is 23.5. The third kappa shape index (κ3) is 9.95. The second kappa shape index (κ2) is 14.2. The molecule has 0 spiro atoms. The topological polar surface area (TPSA) is 34.1 Å². The van der Waals surface area contributed by atoms with Gasteiger partial charge in [0.05, 0.1) is 0 Å². The van der Waals surface area contributed by atoms with Crippen LogP contribution in [0.3, 0.4) is 0 Å². The van der Waals surface area contributed by atoms with Crippen LogP contribution < -0.4 is 0 Å². The molecule has 2 nitrogen and oxygen atoms in total. The lowest BCUT2D eigenvalue weighted by molar-refractivity contribution is -0.115. The van der Waals surface area contributed by atoms with Crippen LogP contribution in [0.2, 0.25) is 0 Å². The van der Waals surface area contributed by atoms with Gasteiger partial charge in [0.1, 0.15) is 0 Å². The summed E-state index contributed by atoms with van der Waals surface area (Å²) in [6.45, 7) is 20.7. The van der Waals surface area contributed by atoms with Gasteiger partial charge in [-0.15, -0.1) is 13.2 Å². The van der Waals surface area contributed by atoms with Gasteiger partial charge in [-0.1, -0.05) is 75.3 Å². The molecule has 2 aliphatic rings. The Morgan fingerprint density at radius 3 is 1.44 bits per heavy atom. The maximum Gasteiger partial charge on any atom is 0.155 e. The zero-order chi connectivity index (χ0) is 25.8. The van der Waals surface area contributed by atoms with Gasteiger partial charge in [0, 0.05) is 24.7 Å². The van der Waals surface area contributed by atoms with Gasteiger partial charge in [0.2, 0.25) is 0 Å². The maximum atomic E-state index is 11.6. The van der Waals surface area contributed by atoms with Gasteiger partial charge in [-0.2, -0.15) is 0 Å². The molecule has 0 saturated carbocycles. The van der Waals surface area contributed by atoms with Gasteiger partial charge in [-0.25, -0.2) is 0 Å². The summed E-state index contributed by atoms with van der Waals surface area (Å²) >= 11 is 0. The van der Waals surface area contributed by atoms with Crippen molar-refractivity contribution >= 4 is 11.6 Å². The van der Waals surface area contributed by atoms with Crippen molar-refractivity contribution in [1.82, 2.24) is 0 Å². The van der Waals surface area contributed by atoms with E-state index >= 15 is 0 Å². The van der Waals surface area contributed by atoms with E-state index in [2.05, 4.69) is 79.0 Å². The van der Waals surface area contributed by atoms with Gasteiger partial charge < -0.3 is 0 Å². The number of ketones is 2. The van der Waals surface area contributed by atoms with Crippen LogP contribution in [0.1, 0.15) is 92.9 Å². The van der Waals surface area contributed by atoms with Gasteiger partial charge in [0.25, 0.3) is 0 Å². The number of hydrogen-bond acceptors (Lipinski definition) is 2. The summed E-state index contributed by atoms with van der Waals surface area (Å²) in [5.41, 5.74) is 3.34. The quantitative estimate of drug-likeness (QED) is 0.239. The molecule has 0 amide bonds. The van der Waals surface area contributed by atoms with E-state index in [1.54, 1.807) is 24.3 Å². The van der Waals surface area contributed by atoms with Gasteiger partial charge >= 0.3 is 0 Å². The van der Waals surface area contributed by atoms with Crippen molar-refractivity contribution in [3.63, 3.8) is 0 Å². The van der Waals surface area contributed by atoms with Crippen LogP contribution in [0.5, 0.6) is 0 Å². The monoisotopic (exact) mass is 464 g/mol. The van der Waals surface area contributed by atoms with Crippen LogP contribution >= 0.6 is 0 Å². The van der Waals surface area contributed by atoms with E-state index in [1.807, 2.05) is 0 Å². The van der Waals surface area contributed by atoms with Gasteiger partial charge in [0.15, 0.2) is 11.6 Å². The zero-order valence-corrected chi connectivity index (χ0v) is 22.7. The molecule has 0 bridgehead atoms. The summed E-state index contributed by atoms with van der Waals surface area (Å²) in [5.74, 6) is 1.23. The molecule has 0 aromatic carbocycles. The molecular weight excluding hydrogens is 416 g/mol. The maximum absolute atomic E-state index is 11.6. The van der Waals surface area contributed by atoms with Crippen molar-refractivity contribution in [3.05, 3.63) is 72.9 Å². The number of hydrogen-bond donors (Lipinski definition) is 0. The molecule has 0 heterocycles. The molecule has 2 atom stereocenters. The summed E-state index contributed by atoms with van der Waals surface area (Å²) in [7, 11) is 0. The van der Waals surface area contributed by atoms with Gasteiger partial charge in [-0.3, -0.25) is 9.59 Å². The van der Waals surface area contributed by atoms with Crippen molar-refractivity contribution < 1.29 is 9.59 Å². The molecule has 2 unspecified atom stereocenters. The molecule has 0 saturated heterocycles. The summed E-state index contributed by atoms with van der Waals surface area (Å²) in [4.78, 5) is 23.2. The van der Waals surface area contributed by atoms with Crippen LogP contribution in [0.15, 0.2) is 72.9 Å². The average Bonchev–Trinajstić information content (AvgIpc) is 2.75. The highest BCUT2D eigenvalue weighted by Crippen LogP contribution is 2.42. The predicted octanol–water partition coefficient (Wildman–Crippen LogP) is 8.92. The van der Waals surface area contributed by atoms with Crippen molar-refractivity contribution in [2.45, 2.75) is 92.9 Å². The highest BCUT2D eigenvalue weighted by Gasteiger charge is 2.31. The molecule has 0 aliphatic heterocycles. The number of rotatable bonds is 10. The Hall–Kier alpha value is -2.22. The van der Waals surface area contributed by atoms with E-state index in [-0.39, 0.29) is 22.4 Å². The standard InChI is InChI=1S/2C16H24O/c2*1-5-6-9-14(17)10-11-15-13(2)8-7-12-16(15,3)4/h2*5,8,10-11,15H,1,6-7,9,12H2,2-4H3/b2*11-10+. The van der Waals surface area contributed by atoms with Gasteiger partial charge in [-0.05, 0) is 75.4 Å². The molecular formula is C32H48O2. The van der Waals surface area contributed by atoms with E-state index in [9.17, 15) is 9.59 Å². The first-order valence-corrected chi connectivity index (χ1v) is 12.9. The molecule has 2 heteroatoms. The first-order valence-electron chi connectivity index (χ1n) is 12.9. The smallest absolute Gasteiger partial charge is 0.155 e. The third-order valence-corrected chi connectivity index (χ3v) is 7.31. The highest BCUT2D eigenvalue weighted by molar-refractivity contribution is 5.90. The third-order valence-electron chi connectivity index (χ3n) is 7.31. The summed E-state index contributed by atoms with van der Waals surface area (Å²) in [5, 5.41) is 0. The predicted molar refractivity (Wildman–Crippen MR) is 148 cm³/mol. The lowest BCUT2D eigenvalue weighted by Crippen LogP contribution is -2.26. The fourth-order valence-electron chi connectivity index (χ4n) is 5.03. The minimum Gasteiger partial charge on any atom is -0.295 e. The van der Waals surface area contributed by atoms with Crippen LogP contribution in [-0.4, -0.2) is 11.6 Å². The summed E-state index contributed by atoms with van der Waals surface area (Å²) in [6.07, 6.45) is 23.3. The Balaban J connectivity index is 0.000000340. The van der Waals surface area contributed by atoms with E-state index in [0.717, 1.165) is 25.7 Å². The summed E-state index contributed by atoms with van der Waals surface area (Å²) in [6, 6.07) is 0. The van der Waals surface area contributed by atoms with Crippen molar-refractivity contribution in [1.29, 1.82) is 0 Å². The fourth-order valence-corrected chi connectivity index (χ4v) is 5.03. The Labute approximate surface area is 209 Å². The summed E-state index contributed by atoms with van der Waals surface area (Å²) < 4.78 is 0. The molecule has 188 valence electrons. The lowest BCUT2D eigenvalue weighted by atomic mass is 9.68. The highest BCUT2D eigenvalue weighted by atomic mass is 16.1. The second-order valence-electron chi connectivity index (χ2n) is 11.2. The molecule has 0 aromatic rings. The molecule has 0 N–H and O–H groups in total. The fraction of sp³-hybridized carbons (Fsp3) is 0.562. The van der Waals surface area contributed by atoms with Crippen LogP contribution in [0, 0.1) is 22.7 Å². The van der Waals surface area contributed by atoms with Crippen molar-refractivity contribution in [2.24, 2.45) is 22.7 Å². The second-order valence-corrected chi connectivity index (χ2v) is 11.2. The van der Waals surface area contributed by atoms with Crippen LogP contribution in [-0.2, 0) is 9.59 Å². The first kappa shape index (κ1) is 29.8. The van der Waals surface area contributed by atoms with Crippen molar-refractivity contribution in [2.75, 3.05) is 0 Å². The lowest BCUT2D eigenvalue weighted by Gasteiger charge is -2.36. The molecule has 34 heavy (non-hydrogen) atoms. The SMILES string of the molecule is C=CCCC(=O)/C=C/C1C(C)=CCCC1(C)C.C=CCCC(=O)/C=C/C1C(C)=CCCC1(C)C. The van der Waals surface area contributed by atoms with E-state index in [1.165, 1.54) is 24.0 Å². The number of carbonyl (C=O) groups is 2. The Kier molecular flexibility index (Phi) is 12.5. The Morgan fingerprint density at radius 2 is 1.15 bits per heavy atom.